The largest absolute Gasteiger partial charge is 0.488 e. The number of rotatable bonds is 5. The van der Waals surface area contributed by atoms with E-state index in [0.29, 0.717) is 6.42 Å². The first-order valence-corrected chi connectivity index (χ1v) is 9.61. The Morgan fingerprint density at radius 3 is 2.70 bits per heavy atom. The molecule has 0 aliphatic carbocycles. The van der Waals surface area contributed by atoms with Gasteiger partial charge in [-0.15, -0.1) is 0 Å². The van der Waals surface area contributed by atoms with E-state index in [9.17, 15) is 4.79 Å². The van der Waals surface area contributed by atoms with Gasteiger partial charge in [0, 0.05) is 40.9 Å². The number of ketones is 1. The van der Waals surface area contributed by atoms with Gasteiger partial charge in [-0.05, 0) is 70.7 Å². The van der Waals surface area contributed by atoms with Crippen LogP contribution in [0.25, 0.3) is 22.3 Å². The number of pyridine rings is 1. The molecular formula is C23H25NO3. The zero-order chi connectivity index (χ0) is 19.0. The topological polar surface area (TPSA) is 52.3 Å². The first kappa shape index (κ1) is 17.8. The van der Waals surface area contributed by atoms with Crippen molar-refractivity contribution in [3.8, 4) is 17.1 Å². The number of aromatic nitrogens is 1. The molecule has 0 amide bonds. The lowest BCUT2D eigenvalue weighted by Gasteiger charge is -2.32. The molecule has 4 heteroatoms. The third-order valence-corrected chi connectivity index (χ3v) is 5.28. The van der Waals surface area contributed by atoms with Crippen molar-refractivity contribution in [1.29, 1.82) is 0 Å². The van der Waals surface area contributed by atoms with Crippen molar-refractivity contribution in [2.75, 3.05) is 0 Å². The monoisotopic (exact) mass is 363 g/mol. The van der Waals surface area contributed by atoms with Crippen molar-refractivity contribution in [2.24, 2.45) is 0 Å². The van der Waals surface area contributed by atoms with Gasteiger partial charge in [0.05, 0.1) is 0 Å². The average molecular weight is 363 g/mol. The molecule has 0 atom stereocenters. The summed E-state index contributed by atoms with van der Waals surface area (Å²) in [6, 6.07) is 7.98. The van der Waals surface area contributed by atoms with Crippen LogP contribution < -0.4 is 4.74 Å². The summed E-state index contributed by atoms with van der Waals surface area (Å²) < 4.78 is 12.5. The van der Waals surface area contributed by atoms with E-state index in [-0.39, 0.29) is 11.4 Å². The Bertz CT molecular complexity index is 986. The maximum Gasteiger partial charge on any atom is 0.138 e. The molecule has 0 bridgehead atoms. The SMILES string of the molecule is CC(=O)CCCc1c(-c2ccncc2)oc2ccc3c(c12)CCC(C)(C)O3. The number of fused-ring (bicyclic) bond motifs is 3. The predicted molar refractivity (Wildman–Crippen MR) is 106 cm³/mol. The van der Waals surface area contributed by atoms with Crippen LogP contribution in [0.5, 0.6) is 5.75 Å². The lowest BCUT2D eigenvalue weighted by atomic mass is 9.90. The number of furan rings is 1. The first-order chi connectivity index (χ1) is 12.9. The summed E-state index contributed by atoms with van der Waals surface area (Å²) in [4.78, 5) is 15.6. The molecule has 140 valence electrons. The van der Waals surface area contributed by atoms with Gasteiger partial charge in [-0.3, -0.25) is 4.98 Å². The van der Waals surface area contributed by atoms with Gasteiger partial charge >= 0.3 is 0 Å². The van der Waals surface area contributed by atoms with Crippen LogP contribution in [-0.2, 0) is 17.6 Å². The fourth-order valence-electron chi connectivity index (χ4n) is 3.92. The van der Waals surface area contributed by atoms with Crippen molar-refractivity contribution < 1.29 is 13.9 Å². The van der Waals surface area contributed by atoms with Gasteiger partial charge in [-0.1, -0.05) is 0 Å². The van der Waals surface area contributed by atoms with E-state index in [2.05, 4.69) is 18.8 Å². The van der Waals surface area contributed by atoms with E-state index in [4.69, 9.17) is 9.15 Å². The van der Waals surface area contributed by atoms with Crippen LogP contribution in [0.2, 0.25) is 0 Å². The van der Waals surface area contributed by atoms with Gasteiger partial charge in [0.15, 0.2) is 0 Å². The number of nitrogens with zero attached hydrogens (tertiary/aromatic N) is 1. The lowest BCUT2D eigenvalue weighted by Crippen LogP contribution is -2.32. The quantitative estimate of drug-likeness (QED) is 0.600. The highest BCUT2D eigenvalue weighted by Gasteiger charge is 2.30. The maximum absolute atomic E-state index is 11.4. The van der Waals surface area contributed by atoms with Crippen LogP contribution in [0.3, 0.4) is 0 Å². The van der Waals surface area contributed by atoms with E-state index in [1.54, 1.807) is 19.3 Å². The van der Waals surface area contributed by atoms with Crippen LogP contribution in [-0.4, -0.2) is 16.4 Å². The number of benzene rings is 1. The minimum atomic E-state index is -0.146. The molecule has 0 fully saturated rings. The summed E-state index contributed by atoms with van der Waals surface area (Å²) >= 11 is 0. The van der Waals surface area contributed by atoms with E-state index in [1.165, 1.54) is 16.5 Å². The molecule has 1 aliphatic rings. The van der Waals surface area contributed by atoms with Gasteiger partial charge in [0.25, 0.3) is 0 Å². The molecule has 0 unspecified atom stereocenters. The summed E-state index contributed by atoms with van der Waals surface area (Å²) in [5.74, 6) is 2.06. The average Bonchev–Trinajstić information content (AvgIpc) is 3.00. The molecule has 1 aromatic carbocycles. The molecule has 4 nitrogen and oxygen atoms in total. The standard InChI is InChI=1S/C23H25NO3/c1-15(25)5-4-6-18-21-17-9-12-23(2,3)27-19(17)7-8-20(21)26-22(18)16-10-13-24-14-11-16/h7-8,10-11,13-14H,4-6,9,12H2,1-3H3. The van der Waals surface area contributed by atoms with Crippen LogP contribution in [0.15, 0.2) is 41.1 Å². The number of hydrogen-bond donors (Lipinski definition) is 0. The van der Waals surface area contributed by atoms with E-state index < -0.39 is 0 Å². The second-order valence-corrected chi connectivity index (χ2v) is 7.98. The van der Waals surface area contributed by atoms with Crippen LogP contribution in [0.1, 0.15) is 51.2 Å². The van der Waals surface area contributed by atoms with Crippen LogP contribution in [0, 0.1) is 0 Å². The lowest BCUT2D eigenvalue weighted by molar-refractivity contribution is -0.117. The highest BCUT2D eigenvalue weighted by molar-refractivity contribution is 5.92. The van der Waals surface area contributed by atoms with Crippen molar-refractivity contribution >= 4 is 16.8 Å². The number of Topliss-reactive ketones (excluding diaryl/α,β-unsaturated/α-hetero) is 1. The van der Waals surface area contributed by atoms with Gasteiger partial charge in [0.2, 0.25) is 0 Å². The number of carbonyl (C=O) groups is 1. The fourth-order valence-corrected chi connectivity index (χ4v) is 3.92. The zero-order valence-electron chi connectivity index (χ0n) is 16.2. The highest BCUT2D eigenvalue weighted by atomic mass is 16.5. The molecule has 3 heterocycles. The minimum absolute atomic E-state index is 0.146. The maximum atomic E-state index is 11.4. The predicted octanol–water partition coefficient (Wildman–Crippen LogP) is 5.51. The van der Waals surface area contributed by atoms with Crippen molar-refractivity contribution in [3.63, 3.8) is 0 Å². The van der Waals surface area contributed by atoms with Gasteiger partial charge in [0.1, 0.15) is 28.5 Å². The van der Waals surface area contributed by atoms with Crippen LogP contribution in [0.4, 0.5) is 0 Å². The Balaban J connectivity index is 1.86. The van der Waals surface area contributed by atoms with E-state index in [0.717, 1.165) is 48.3 Å². The van der Waals surface area contributed by atoms with Crippen molar-refractivity contribution in [2.45, 2.75) is 58.5 Å². The number of ether oxygens (including phenoxy) is 1. The summed E-state index contributed by atoms with van der Waals surface area (Å²) in [7, 11) is 0. The fraction of sp³-hybridized carbons (Fsp3) is 0.391. The van der Waals surface area contributed by atoms with Gasteiger partial charge in [-0.25, -0.2) is 0 Å². The number of carbonyl (C=O) groups excluding carboxylic acids is 1. The molecule has 1 aliphatic heterocycles. The summed E-state index contributed by atoms with van der Waals surface area (Å²) in [5.41, 5.74) is 4.17. The molecule has 27 heavy (non-hydrogen) atoms. The van der Waals surface area contributed by atoms with E-state index in [1.807, 2.05) is 24.3 Å². The Hall–Kier alpha value is -2.62. The Kier molecular flexibility index (Phi) is 4.50. The molecule has 4 rings (SSSR count). The van der Waals surface area contributed by atoms with Crippen molar-refractivity contribution in [1.82, 2.24) is 4.98 Å². The Labute approximate surface area is 159 Å². The third kappa shape index (κ3) is 3.48. The van der Waals surface area contributed by atoms with Gasteiger partial charge < -0.3 is 13.9 Å². The molecule has 3 aromatic rings. The summed E-state index contributed by atoms with van der Waals surface area (Å²) in [6.07, 6.45) is 7.71. The molecule has 0 saturated carbocycles. The highest BCUT2D eigenvalue weighted by Crippen LogP contribution is 2.43. The molecular weight excluding hydrogens is 338 g/mol. The third-order valence-electron chi connectivity index (χ3n) is 5.28. The number of hydrogen-bond acceptors (Lipinski definition) is 4. The smallest absolute Gasteiger partial charge is 0.138 e. The molecule has 0 radical (unpaired) electrons. The molecule has 0 N–H and O–H groups in total. The normalized spacial score (nSPS) is 15.4. The van der Waals surface area contributed by atoms with E-state index >= 15 is 0 Å². The first-order valence-electron chi connectivity index (χ1n) is 9.61. The molecule has 0 saturated heterocycles. The molecule has 2 aromatic heterocycles. The van der Waals surface area contributed by atoms with Gasteiger partial charge in [-0.2, -0.15) is 0 Å². The molecule has 0 spiro atoms. The second kappa shape index (κ2) is 6.84. The Morgan fingerprint density at radius 1 is 1.19 bits per heavy atom. The summed E-state index contributed by atoms with van der Waals surface area (Å²) in [6.45, 7) is 5.91. The number of aryl methyl sites for hydroxylation is 2. The second-order valence-electron chi connectivity index (χ2n) is 7.98. The Morgan fingerprint density at radius 2 is 1.96 bits per heavy atom. The minimum Gasteiger partial charge on any atom is -0.488 e. The van der Waals surface area contributed by atoms with Crippen molar-refractivity contribution in [3.05, 3.63) is 47.8 Å². The zero-order valence-corrected chi connectivity index (χ0v) is 16.2. The van der Waals surface area contributed by atoms with Crippen LogP contribution >= 0.6 is 0 Å². The summed E-state index contributed by atoms with van der Waals surface area (Å²) in [5, 5.41) is 1.17.